The van der Waals surface area contributed by atoms with E-state index in [1.807, 2.05) is 18.2 Å². The molecule has 1 aliphatic carbocycles. The van der Waals surface area contributed by atoms with E-state index in [-0.39, 0.29) is 12.0 Å². The molecule has 1 fully saturated rings. The maximum atomic E-state index is 11.2. The van der Waals surface area contributed by atoms with Crippen LogP contribution in [0.4, 0.5) is 0 Å². The summed E-state index contributed by atoms with van der Waals surface area (Å²) in [7, 11) is 1.62. The van der Waals surface area contributed by atoms with Gasteiger partial charge in [0.15, 0.2) is 11.5 Å². The molecular formula is C22H31NO4. The summed E-state index contributed by atoms with van der Waals surface area (Å²) in [5.41, 5.74) is 0.247. The highest BCUT2D eigenvalue weighted by Crippen LogP contribution is 2.44. The summed E-state index contributed by atoms with van der Waals surface area (Å²) in [5, 5.41) is 19.2. The molecule has 27 heavy (non-hydrogen) atoms. The van der Waals surface area contributed by atoms with E-state index in [1.165, 1.54) is 0 Å². The van der Waals surface area contributed by atoms with Crippen LogP contribution in [0.2, 0.25) is 0 Å². The third kappa shape index (κ3) is 4.94. The number of aliphatic carboxylic acids is 1. The molecule has 0 aromatic heterocycles. The van der Waals surface area contributed by atoms with Crippen LogP contribution in [-0.4, -0.2) is 24.3 Å². The quantitative estimate of drug-likeness (QED) is 0.653. The normalized spacial score (nSPS) is 23.3. The van der Waals surface area contributed by atoms with Crippen molar-refractivity contribution in [3.63, 3.8) is 0 Å². The number of carboxylic acid groups (broad SMARTS) is 1. The lowest BCUT2D eigenvalue weighted by molar-refractivity contribution is -0.143. The topological polar surface area (TPSA) is 79.5 Å². The van der Waals surface area contributed by atoms with E-state index >= 15 is 0 Å². The third-order valence-electron chi connectivity index (χ3n) is 5.75. The first-order valence-electron chi connectivity index (χ1n) is 9.98. The Morgan fingerprint density at radius 3 is 2.56 bits per heavy atom. The second kappa shape index (κ2) is 9.64. The molecule has 0 bridgehead atoms. The third-order valence-corrected chi connectivity index (χ3v) is 5.75. The Morgan fingerprint density at radius 2 is 2.04 bits per heavy atom. The molecule has 1 saturated carbocycles. The van der Waals surface area contributed by atoms with Crippen molar-refractivity contribution >= 4 is 5.97 Å². The zero-order chi connectivity index (χ0) is 19.9. The molecule has 1 aliphatic rings. The monoisotopic (exact) mass is 373 g/mol. The van der Waals surface area contributed by atoms with Gasteiger partial charge in [0.05, 0.1) is 30.6 Å². The van der Waals surface area contributed by atoms with Crippen LogP contribution in [0.1, 0.15) is 70.8 Å². The summed E-state index contributed by atoms with van der Waals surface area (Å²) in [6.07, 6.45) is 6.42. The van der Waals surface area contributed by atoms with Crippen molar-refractivity contribution in [1.82, 2.24) is 0 Å². The number of benzene rings is 1. The fraction of sp³-hybridized carbons (Fsp3) is 0.636. The Bertz CT molecular complexity index is 671. The maximum Gasteiger partial charge on any atom is 0.306 e. The van der Waals surface area contributed by atoms with Crippen LogP contribution >= 0.6 is 0 Å². The van der Waals surface area contributed by atoms with Gasteiger partial charge in [-0.15, -0.1) is 0 Å². The fourth-order valence-electron chi connectivity index (χ4n) is 3.85. The van der Waals surface area contributed by atoms with Crippen molar-refractivity contribution in [3.8, 4) is 17.6 Å². The number of hydrogen-bond donors (Lipinski definition) is 1. The molecule has 2 rings (SSSR count). The average molecular weight is 373 g/mol. The summed E-state index contributed by atoms with van der Waals surface area (Å²) in [5.74, 6) is 0.231. The number of rotatable bonds is 9. The molecule has 1 atom stereocenters. The van der Waals surface area contributed by atoms with E-state index in [1.54, 1.807) is 7.11 Å². The zero-order valence-corrected chi connectivity index (χ0v) is 16.7. The highest BCUT2D eigenvalue weighted by Gasteiger charge is 2.39. The van der Waals surface area contributed by atoms with Crippen LogP contribution < -0.4 is 9.47 Å². The Labute approximate surface area is 162 Å². The van der Waals surface area contributed by atoms with Crippen LogP contribution in [-0.2, 0) is 10.2 Å². The molecule has 0 heterocycles. The number of methoxy groups -OCH3 is 1. The zero-order valence-electron chi connectivity index (χ0n) is 16.7. The first-order valence-corrected chi connectivity index (χ1v) is 9.98. The Balaban J connectivity index is 2.27. The van der Waals surface area contributed by atoms with E-state index in [4.69, 9.17) is 9.47 Å². The number of nitriles is 1. The molecule has 148 valence electrons. The predicted molar refractivity (Wildman–Crippen MR) is 104 cm³/mol. The maximum absolute atomic E-state index is 11.2. The van der Waals surface area contributed by atoms with Gasteiger partial charge in [-0.1, -0.05) is 32.8 Å². The summed E-state index contributed by atoms with van der Waals surface area (Å²) in [4.78, 5) is 11.2. The summed E-state index contributed by atoms with van der Waals surface area (Å²) in [6, 6.07) is 8.18. The number of nitrogens with zero attached hydrogens (tertiary/aromatic N) is 1. The predicted octanol–water partition coefficient (Wildman–Crippen LogP) is 5.08. The van der Waals surface area contributed by atoms with Crippen molar-refractivity contribution in [2.75, 3.05) is 7.11 Å². The van der Waals surface area contributed by atoms with Crippen LogP contribution in [0.3, 0.4) is 0 Å². The van der Waals surface area contributed by atoms with Gasteiger partial charge in [0.2, 0.25) is 0 Å². The van der Waals surface area contributed by atoms with Crippen LogP contribution in [0.25, 0.3) is 0 Å². The first kappa shape index (κ1) is 21.1. The second-order valence-electron chi connectivity index (χ2n) is 7.46. The molecule has 0 amide bonds. The lowest BCUT2D eigenvalue weighted by Crippen LogP contribution is -2.33. The number of carbonyl (C=O) groups is 1. The molecule has 0 aliphatic heterocycles. The first-order chi connectivity index (χ1) is 13.0. The van der Waals surface area contributed by atoms with Gasteiger partial charge in [-0.25, -0.2) is 0 Å². The van der Waals surface area contributed by atoms with Crippen molar-refractivity contribution in [2.24, 2.45) is 5.92 Å². The smallest absolute Gasteiger partial charge is 0.306 e. The van der Waals surface area contributed by atoms with E-state index in [0.717, 1.165) is 31.2 Å². The van der Waals surface area contributed by atoms with Gasteiger partial charge in [-0.05, 0) is 56.2 Å². The fourth-order valence-corrected chi connectivity index (χ4v) is 3.85. The Morgan fingerprint density at radius 1 is 1.33 bits per heavy atom. The van der Waals surface area contributed by atoms with Gasteiger partial charge in [0.25, 0.3) is 0 Å². The van der Waals surface area contributed by atoms with E-state index < -0.39 is 11.4 Å². The van der Waals surface area contributed by atoms with Gasteiger partial charge < -0.3 is 14.6 Å². The number of unbranched alkanes of at least 4 members (excludes halogenated alkanes) is 1. The molecular weight excluding hydrogens is 342 g/mol. The standard InChI is InChI=1S/C22H31NO4/c1-4-6-7-18(5-2)27-20-14-17(8-9-19(20)26-3)22(15-23)12-10-16(11-13-22)21(24)25/h8-9,14,16,18H,4-7,10-13H2,1-3H3,(H,24,25)/t16-,18?,22-. The van der Waals surface area contributed by atoms with E-state index in [0.29, 0.717) is 37.2 Å². The molecule has 5 heteroatoms. The SMILES string of the molecule is CCCCC(CC)Oc1cc([C@]2(C#N)CC[C@@H](C(=O)O)CC2)ccc1OC. The van der Waals surface area contributed by atoms with Crippen LogP contribution in [0, 0.1) is 17.2 Å². The summed E-state index contributed by atoms with van der Waals surface area (Å²) >= 11 is 0. The van der Waals surface area contributed by atoms with Gasteiger partial charge >= 0.3 is 5.97 Å². The second-order valence-corrected chi connectivity index (χ2v) is 7.46. The number of hydrogen-bond acceptors (Lipinski definition) is 4. The largest absolute Gasteiger partial charge is 0.493 e. The lowest BCUT2D eigenvalue weighted by Gasteiger charge is -2.34. The molecule has 0 saturated heterocycles. The van der Waals surface area contributed by atoms with Crippen LogP contribution in [0.5, 0.6) is 11.5 Å². The average Bonchev–Trinajstić information content (AvgIpc) is 2.70. The van der Waals surface area contributed by atoms with Gasteiger partial charge in [0, 0.05) is 0 Å². The summed E-state index contributed by atoms with van der Waals surface area (Å²) in [6.45, 7) is 4.28. The molecule has 1 unspecified atom stereocenters. The number of carboxylic acids is 1. The van der Waals surface area contributed by atoms with Crippen LogP contribution in [0.15, 0.2) is 18.2 Å². The molecule has 0 radical (unpaired) electrons. The van der Waals surface area contributed by atoms with Crippen molar-refractivity contribution in [2.45, 2.75) is 76.7 Å². The number of ether oxygens (including phenoxy) is 2. The van der Waals surface area contributed by atoms with Crippen molar-refractivity contribution in [3.05, 3.63) is 23.8 Å². The molecule has 1 aromatic carbocycles. The van der Waals surface area contributed by atoms with E-state index in [9.17, 15) is 15.2 Å². The Kier molecular flexibility index (Phi) is 7.53. The minimum atomic E-state index is -0.762. The van der Waals surface area contributed by atoms with Crippen molar-refractivity contribution < 1.29 is 19.4 Å². The van der Waals surface area contributed by atoms with Gasteiger partial charge in [-0.2, -0.15) is 5.26 Å². The minimum Gasteiger partial charge on any atom is -0.493 e. The van der Waals surface area contributed by atoms with Gasteiger partial charge in [-0.3, -0.25) is 4.79 Å². The summed E-state index contributed by atoms with van der Waals surface area (Å²) < 4.78 is 11.7. The Hall–Kier alpha value is -2.22. The van der Waals surface area contributed by atoms with Crippen molar-refractivity contribution in [1.29, 1.82) is 5.26 Å². The minimum absolute atomic E-state index is 0.120. The highest BCUT2D eigenvalue weighted by molar-refractivity contribution is 5.70. The van der Waals surface area contributed by atoms with Gasteiger partial charge in [0.1, 0.15) is 0 Å². The van der Waals surface area contributed by atoms with E-state index in [2.05, 4.69) is 19.9 Å². The lowest BCUT2D eigenvalue weighted by atomic mass is 9.67. The highest BCUT2D eigenvalue weighted by atomic mass is 16.5. The molecule has 1 aromatic rings. The molecule has 1 N–H and O–H groups in total. The molecule has 5 nitrogen and oxygen atoms in total. The molecule has 0 spiro atoms.